The van der Waals surface area contributed by atoms with E-state index < -0.39 is 17.9 Å². The minimum absolute atomic E-state index is 0.0938. The zero-order valence-electron chi connectivity index (χ0n) is 8.21. The summed E-state index contributed by atoms with van der Waals surface area (Å²) in [6.07, 6.45) is 0.406. The van der Waals surface area contributed by atoms with Gasteiger partial charge in [0.2, 0.25) is 5.91 Å². The van der Waals surface area contributed by atoms with Crippen molar-refractivity contribution in [3.63, 3.8) is 0 Å². The molecule has 0 aromatic rings. The van der Waals surface area contributed by atoms with E-state index in [-0.39, 0.29) is 12.5 Å². The summed E-state index contributed by atoms with van der Waals surface area (Å²) in [5.41, 5.74) is 0. The number of rotatable bonds is 6. The highest BCUT2D eigenvalue weighted by Gasteiger charge is 2.20. The maximum Gasteiger partial charge on any atom is 0.326 e. The maximum absolute atomic E-state index is 11.0. The lowest BCUT2D eigenvalue weighted by atomic mass is 10.0. The van der Waals surface area contributed by atoms with Crippen molar-refractivity contribution in [2.75, 3.05) is 6.54 Å². The van der Waals surface area contributed by atoms with Crippen LogP contribution < -0.4 is 10.2 Å². The predicted molar refractivity (Wildman–Crippen MR) is 52.9 cm³/mol. The minimum Gasteiger partial charge on any atom is -0.480 e. The number of aliphatic carboxylic acids is 1. The molecule has 0 aromatic carbocycles. The van der Waals surface area contributed by atoms with Gasteiger partial charge in [0.15, 0.2) is 0 Å². The van der Waals surface area contributed by atoms with Gasteiger partial charge in [-0.05, 0) is 24.1 Å². The van der Waals surface area contributed by atoms with Gasteiger partial charge in [-0.1, -0.05) is 13.8 Å². The summed E-state index contributed by atoms with van der Waals surface area (Å²) >= 11 is 5.11. The second-order valence-corrected chi connectivity index (χ2v) is 3.67. The molecule has 6 heteroatoms. The molecule has 0 aliphatic heterocycles. The van der Waals surface area contributed by atoms with Crippen molar-refractivity contribution in [1.29, 1.82) is 0 Å². The third-order valence-corrected chi connectivity index (χ3v) is 1.70. The molecule has 1 atom stereocenters. The lowest BCUT2D eigenvalue weighted by Gasteiger charge is -2.15. The third-order valence-electron chi connectivity index (χ3n) is 1.57. The van der Waals surface area contributed by atoms with Gasteiger partial charge in [0.1, 0.15) is 6.04 Å². The Kier molecular flexibility index (Phi) is 6.23. The van der Waals surface area contributed by atoms with Gasteiger partial charge in [-0.25, -0.2) is 9.63 Å². The van der Waals surface area contributed by atoms with Crippen molar-refractivity contribution in [3.8, 4) is 0 Å². The van der Waals surface area contributed by atoms with Crippen molar-refractivity contribution in [1.82, 2.24) is 10.2 Å². The summed E-state index contributed by atoms with van der Waals surface area (Å²) < 4.78 is 0. The number of nitrogens with one attached hydrogen (secondary N) is 2. The first kappa shape index (κ1) is 13.2. The van der Waals surface area contributed by atoms with E-state index in [1.165, 1.54) is 0 Å². The number of amides is 1. The molecule has 0 spiro atoms. The summed E-state index contributed by atoms with van der Waals surface area (Å²) in [4.78, 5) is 23.9. The van der Waals surface area contributed by atoms with E-state index in [0.29, 0.717) is 6.42 Å². The Hall–Kier alpha value is -0.810. The van der Waals surface area contributed by atoms with Gasteiger partial charge in [0.25, 0.3) is 0 Å². The van der Waals surface area contributed by atoms with E-state index in [1.54, 1.807) is 0 Å². The Morgan fingerprint density at radius 1 is 1.43 bits per heavy atom. The number of carboxylic acid groups (broad SMARTS) is 1. The smallest absolute Gasteiger partial charge is 0.326 e. The molecule has 14 heavy (non-hydrogen) atoms. The average Bonchev–Trinajstić information content (AvgIpc) is 2.02. The number of carbonyl (C=O) groups is 2. The van der Waals surface area contributed by atoms with Crippen molar-refractivity contribution in [2.45, 2.75) is 26.3 Å². The second-order valence-electron chi connectivity index (χ2n) is 3.40. The van der Waals surface area contributed by atoms with E-state index in [0.717, 1.165) is 0 Å². The van der Waals surface area contributed by atoms with E-state index in [2.05, 4.69) is 10.2 Å². The number of halogens is 1. The summed E-state index contributed by atoms with van der Waals surface area (Å²) in [6, 6.07) is -0.840. The van der Waals surface area contributed by atoms with E-state index in [9.17, 15) is 9.59 Å². The van der Waals surface area contributed by atoms with Crippen LogP contribution in [0.2, 0.25) is 0 Å². The first-order valence-corrected chi connectivity index (χ1v) is 4.70. The Labute approximate surface area is 87.9 Å². The van der Waals surface area contributed by atoms with Crippen LogP contribution in [-0.4, -0.2) is 29.6 Å². The Morgan fingerprint density at radius 2 is 2.00 bits per heavy atom. The number of hydrogen-bond acceptors (Lipinski definition) is 3. The highest BCUT2D eigenvalue weighted by molar-refractivity contribution is 6.14. The van der Waals surface area contributed by atoms with E-state index in [4.69, 9.17) is 16.9 Å². The standard InChI is InChI=1S/C8H15ClN2O3/c1-5(2)3-6(8(13)14)11-7(12)4-10-9/h5-6,10H,3-4H2,1-2H3,(H,11,12)(H,13,14). The van der Waals surface area contributed by atoms with Crippen LogP contribution in [0.25, 0.3) is 0 Å². The summed E-state index contributed by atoms with van der Waals surface area (Å²) in [7, 11) is 0. The molecule has 0 aromatic heterocycles. The monoisotopic (exact) mass is 222 g/mol. The zero-order chi connectivity index (χ0) is 11.1. The summed E-state index contributed by atoms with van der Waals surface area (Å²) in [6.45, 7) is 3.69. The van der Waals surface area contributed by atoms with Crippen molar-refractivity contribution < 1.29 is 14.7 Å². The van der Waals surface area contributed by atoms with Crippen LogP contribution in [0.1, 0.15) is 20.3 Å². The molecule has 0 rings (SSSR count). The fraction of sp³-hybridized carbons (Fsp3) is 0.750. The van der Waals surface area contributed by atoms with Gasteiger partial charge in [-0.15, -0.1) is 0 Å². The van der Waals surface area contributed by atoms with Gasteiger partial charge >= 0.3 is 5.97 Å². The van der Waals surface area contributed by atoms with Gasteiger partial charge in [-0.2, -0.15) is 0 Å². The zero-order valence-corrected chi connectivity index (χ0v) is 8.97. The summed E-state index contributed by atoms with van der Waals surface area (Å²) in [5.74, 6) is -1.24. The first-order valence-electron chi connectivity index (χ1n) is 4.33. The van der Waals surface area contributed by atoms with E-state index in [1.807, 2.05) is 13.8 Å². The molecule has 0 saturated heterocycles. The minimum atomic E-state index is -1.03. The van der Waals surface area contributed by atoms with Crippen molar-refractivity contribution in [3.05, 3.63) is 0 Å². The maximum atomic E-state index is 11.0. The van der Waals surface area contributed by atoms with Crippen LogP contribution in [0.3, 0.4) is 0 Å². The molecular weight excluding hydrogens is 208 g/mol. The lowest BCUT2D eigenvalue weighted by Crippen LogP contribution is -2.44. The van der Waals surface area contributed by atoms with Gasteiger partial charge < -0.3 is 10.4 Å². The molecule has 82 valence electrons. The van der Waals surface area contributed by atoms with Crippen LogP contribution in [0.15, 0.2) is 0 Å². The number of hydrogen-bond donors (Lipinski definition) is 3. The third kappa shape index (κ3) is 5.77. The topological polar surface area (TPSA) is 78.4 Å². The molecule has 0 aliphatic carbocycles. The summed E-state index contributed by atoms with van der Waals surface area (Å²) in [5, 5.41) is 11.1. The highest BCUT2D eigenvalue weighted by atomic mass is 35.5. The number of carbonyl (C=O) groups excluding carboxylic acids is 1. The molecule has 0 aliphatic rings. The van der Waals surface area contributed by atoms with Crippen LogP contribution >= 0.6 is 11.8 Å². The highest BCUT2D eigenvalue weighted by Crippen LogP contribution is 2.04. The quantitative estimate of drug-likeness (QED) is 0.567. The fourth-order valence-electron chi connectivity index (χ4n) is 0.999. The average molecular weight is 223 g/mol. The number of carboxylic acids is 1. The lowest BCUT2D eigenvalue weighted by molar-refractivity contribution is -0.142. The molecule has 0 heterocycles. The fourth-order valence-corrected chi connectivity index (χ4v) is 1.12. The second kappa shape index (κ2) is 6.62. The first-order chi connectivity index (χ1) is 6.47. The predicted octanol–water partition coefficient (Wildman–Crippen LogP) is 0.345. The molecule has 0 fully saturated rings. The van der Waals surface area contributed by atoms with Crippen LogP contribution in [0, 0.1) is 5.92 Å². The molecule has 0 bridgehead atoms. The normalized spacial score (nSPS) is 12.6. The molecule has 5 nitrogen and oxygen atoms in total. The van der Waals surface area contributed by atoms with E-state index >= 15 is 0 Å². The van der Waals surface area contributed by atoms with Gasteiger partial charge in [0.05, 0.1) is 6.54 Å². The molecule has 0 saturated carbocycles. The SMILES string of the molecule is CC(C)CC(NC(=O)CNCl)C(=O)O. The molecule has 3 N–H and O–H groups in total. The Morgan fingerprint density at radius 3 is 2.36 bits per heavy atom. The van der Waals surface area contributed by atoms with Gasteiger partial charge in [-0.3, -0.25) is 4.79 Å². The Balaban J connectivity index is 4.09. The van der Waals surface area contributed by atoms with Crippen LogP contribution in [-0.2, 0) is 9.59 Å². The largest absolute Gasteiger partial charge is 0.480 e. The van der Waals surface area contributed by atoms with Crippen LogP contribution in [0.4, 0.5) is 0 Å². The van der Waals surface area contributed by atoms with Crippen molar-refractivity contribution in [2.24, 2.45) is 5.92 Å². The molecule has 1 unspecified atom stereocenters. The van der Waals surface area contributed by atoms with Crippen molar-refractivity contribution >= 4 is 23.7 Å². The molecule has 0 radical (unpaired) electrons. The molecular formula is C8H15ClN2O3. The van der Waals surface area contributed by atoms with Crippen LogP contribution in [0.5, 0.6) is 0 Å². The van der Waals surface area contributed by atoms with Gasteiger partial charge in [0, 0.05) is 0 Å². The Bertz CT molecular complexity index is 209. The molecule has 1 amide bonds.